The van der Waals surface area contributed by atoms with Gasteiger partial charge in [0.1, 0.15) is 0 Å². The van der Waals surface area contributed by atoms with Gasteiger partial charge in [0.2, 0.25) is 0 Å². The Morgan fingerprint density at radius 2 is 2.27 bits per heavy atom. The molecule has 1 aliphatic carbocycles. The fourth-order valence-electron chi connectivity index (χ4n) is 2.06. The number of hydrogen-bond donors (Lipinski definition) is 0. The Balaban J connectivity index is 2.15. The van der Waals surface area contributed by atoms with Gasteiger partial charge < -0.3 is 0 Å². The Hall–Kier alpha value is -1.38. The van der Waals surface area contributed by atoms with Crippen LogP contribution in [0.25, 0.3) is 0 Å². The summed E-state index contributed by atoms with van der Waals surface area (Å²) in [5.41, 5.74) is 3.47. The predicted octanol–water partition coefficient (Wildman–Crippen LogP) is 1.95. The lowest BCUT2D eigenvalue weighted by atomic mass is 9.95. The van der Waals surface area contributed by atoms with Crippen molar-refractivity contribution in [3.05, 3.63) is 29.1 Å². The average molecular weight is 204 g/mol. The third kappa shape index (κ3) is 2.35. The molecule has 2 rings (SSSR count). The van der Waals surface area contributed by atoms with Gasteiger partial charge in [0, 0.05) is 25.6 Å². The van der Waals surface area contributed by atoms with Crippen molar-refractivity contribution in [2.75, 3.05) is 0 Å². The fraction of sp³-hybridized carbons (Fsp3) is 0.500. The molecule has 1 heterocycles. The van der Waals surface area contributed by atoms with Gasteiger partial charge in [-0.1, -0.05) is 5.57 Å². The summed E-state index contributed by atoms with van der Waals surface area (Å²) in [6, 6.07) is 2.08. The lowest BCUT2D eigenvalue weighted by Gasteiger charge is -2.11. The van der Waals surface area contributed by atoms with Gasteiger partial charge in [0.15, 0.2) is 5.78 Å². The lowest BCUT2D eigenvalue weighted by Crippen LogP contribution is -2.06. The van der Waals surface area contributed by atoms with Gasteiger partial charge >= 0.3 is 0 Å². The highest BCUT2D eigenvalue weighted by molar-refractivity contribution is 5.91. The highest BCUT2D eigenvalue weighted by Crippen LogP contribution is 2.19. The summed E-state index contributed by atoms with van der Waals surface area (Å²) in [5.74, 6) is 0.273. The molecule has 3 heteroatoms. The van der Waals surface area contributed by atoms with E-state index < -0.39 is 0 Å². The molecule has 0 fully saturated rings. The van der Waals surface area contributed by atoms with Crippen LogP contribution >= 0.6 is 0 Å². The molecule has 1 aliphatic rings. The molecule has 0 N–H and O–H groups in total. The molecule has 0 amide bonds. The van der Waals surface area contributed by atoms with Crippen molar-refractivity contribution in [1.82, 2.24) is 9.78 Å². The zero-order chi connectivity index (χ0) is 10.8. The van der Waals surface area contributed by atoms with Crippen molar-refractivity contribution in [2.24, 2.45) is 7.05 Å². The first-order valence-corrected chi connectivity index (χ1v) is 5.37. The minimum absolute atomic E-state index is 0.273. The smallest absolute Gasteiger partial charge is 0.155 e. The number of carbonyl (C=O) groups is 1. The van der Waals surface area contributed by atoms with E-state index in [1.54, 1.807) is 0 Å². The fourth-order valence-corrected chi connectivity index (χ4v) is 2.06. The summed E-state index contributed by atoms with van der Waals surface area (Å²) in [7, 11) is 1.95. The number of hydrogen-bond acceptors (Lipinski definition) is 2. The van der Waals surface area contributed by atoms with Crippen LogP contribution in [-0.4, -0.2) is 15.6 Å². The van der Waals surface area contributed by atoms with Crippen LogP contribution in [0.4, 0.5) is 0 Å². The van der Waals surface area contributed by atoms with Crippen molar-refractivity contribution in [3.8, 4) is 0 Å². The van der Waals surface area contributed by atoms with E-state index in [2.05, 4.69) is 11.2 Å². The maximum absolute atomic E-state index is 11.3. The van der Waals surface area contributed by atoms with Crippen LogP contribution in [0.1, 0.15) is 30.7 Å². The number of aromatic nitrogens is 2. The number of nitrogens with zero attached hydrogens (tertiary/aromatic N) is 2. The Kier molecular flexibility index (Phi) is 2.71. The molecule has 15 heavy (non-hydrogen) atoms. The molecule has 0 radical (unpaired) electrons. The number of ketones is 1. The molecule has 0 atom stereocenters. The van der Waals surface area contributed by atoms with Crippen LogP contribution in [0, 0.1) is 6.92 Å². The molecule has 1 aromatic rings. The molecule has 1 aromatic heterocycles. The molecule has 0 bridgehead atoms. The van der Waals surface area contributed by atoms with Crippen LogP contribution in [0.3, 0.4) is 0 Å². The summed E-state index contributed by atoms with van der Waals surface area (Å²) in [6.45, 7) is 1.99. The standard InChI is InChI=1S/C12H16N2O/c1-9-6-11(14(2)13-9)7-10-4-3-5-12(15)8-10/h6,8H,3-5,7H2,1-2H3. The normalized spacial score (nSPS) is 16.7. The van der Waals surface area contributed by atoms with Crippen molar-refractivity contribution in [1.29, 1.82) is 0 Å². The first kappa shape index (κ1) is 10.1. The molecular weight excluding hydrogens is 188 g/mol. The van der Waals surface area contributed by atoms with Gasteiger partial charge in [0.05, 0.1) is 5.69 Å². The molecular formula is C12H16N2O. The van der Waals surface area contributed by atoms with E-state index in [4.69, 9.17) is 0 Å². The number of carbonyl (C=O) groups excluding carboxylic acids is 1. The first-order chi connectivity index (χ1) is 7.15. The quantitative estimate of drug-likeness (QED) is 0.738. The zero-order valence-electron chi connectivity index (χ0n) is 9.29. The molecule has 0 unspecified atom stereocenters. The lowest BCUT2D eigenvalue weighted by molar-refractivity contribution is -0.115. The number of allylic oxidation sites excluding steroid dienone is 2. The molecule has 0 spiro atoms. The second-order valence-corrected chi connectivity index (χ2v) is 4.20. The molecule has 0 saturated heterocycles. The summed E-state index contributed by atoms with van der Waals surface area (Å²) in [4.78, 5) is 11.3. The summed E-state index contributed by atoms with van der Waals surface area (Å²) in [5, 5.41) is 4.30. The van der Waals surface area contributed by atoms with Crippen LogP contribution in [-0.2, 0) is 18.3 Å². The SMILES string of the molecule is Cc1cc(CC2=CC(=O)CCC2)n(C)n1. The van der Waals surface area contributed by atoms with Gasteiger partial charge in [0.25, 0.3) is 0 Å². The molecule has 0 aromatic carbocycles. The number of aryl methyl sites for hydroxylation is 2. The van der Waals surface area contributed by atoms with Gasteiger partial charge in [-0.05, 0) is 31.9 Å². The monoisotopic (exact) mass is 204 g/mol. The highest BCUT2D eigenvalue weighted by atomic mass is 16.1. The highest BCUT2D eigenvalue weighted by Gasteiger charge is 2.12. The minimum atomic E-state index is 0.273. The van der Waals surface area contributed by atoms with Crippen molar-refractivity contribution >= 4 is 5.78 Å². The third-order valence-electron chi connectivity index (χ3n) is 2.79. The van der Waals surface area contributed by atoms with Crippen molar-refractivity contribution in [2.45, 2.75) is 32.6 Å². The summed E-state index contributed by atoms with van der Waals surface area (Å²) >= 11 is 0. The van der Waals surface area contributed by atoms with E-state index in [1.165, 1.54) is 11.3 Å². The predicted molar refractivity (Wildman–Crippen MR) is 58.6 cm³/mol. The van der Waals surface area contributed by atoms with Crippen LogP contribution in [0.2, 0.25) is 0 Å². The third-order valence-corrected chi connectivity index (χ3v) is 2.79. The Bertz CT molecular complexity index is 415. The largest absolute Gasteiger partial charge is 0.295 e. The molecule has 0 aliphatic heterocycles. The van der Waals surface area contributed by atoms with E-state index in [0.717, 1.165) is 25.0 Å². The van der Waals surface area contributed by atoms with Gasteiger partial charge in [-0.15, -0.1) is 0 Å². The average Bonchev–Trinajstić information content (AvgIpc) is 2.45. The first-order valence-electron chi connectivity index (χ1n) is 5.37. The Labute approximate surface area is 89.8 Å². The van der Waals surface area contributed by atoms with Gasteiger partial charge in [-0.3, -0.25) is 9.48 Å². The van der Waals surface area contributed by atoms with E-state index >= 15 is 0 Å². The summed E-state index contributed by atoms with van der Waals surface area (Å²) < 4.78 is 1.90. The zero-order valence-corrected chi connectivity index (χ0v) is 9.29. The molecule has 80 valence electrons. The van der Waals surface area contributed by atoms with E-state index in [0.29, 0.717) is 6.42 Å². The minimum Gasteiger partial charge on any atom is -0.295 e. The molecule has 3 nitrogen and oxygen atoms in total. The van der Waals surface area contributed by atoms with E-state index in [1.807, 2.05) is 24.7 Å². The Morgan fingerprint density at radius 3 is 2.87 bits per heavy atom. The van der Waals surface area contributed by atoms with Crippen molar-refractivity contribution in [3.63, 3.8) is 0 Å². The van der Waals surface area contributed by atoms with Crippen LogP contribution in [0.15, 0.2) is 17.7 Å². The van der Waals surface area contributed by atoms with Gasteiger partial charge in [-0.2, -0.15) is 5.10 Å². The number of rotatable bonds is 2. The van der Waals surface area contributed by atoms with Gasteiger partial charge in [-0.25, -0.2) is 0 Å². The second-order valence-electron chi connectivity index (χ2n) is 4.20. The van der Waals surface area contributed by atoms with Crippen LogP contribution < -0.4 is 0 Å². The van der Waals surface area contributed by atoms with Crippen LogP contribution in [0.5, 0.6) is 0 Å². The Morgan fingerprint density at radius 1 is 1.47 bits per heavy atom. The maximum Gasteiger partial charge on any atom is 0.155 e. The topological polar surface area (TPSA) is 34.9 Å². The maximum atomic E-state index is 11.3. The second kappa shape index (κ2) is 4.01. The van der Waals surface area contributed by atoms with Crippen molar-refractivity contribution < 1.29 is 4.79 Å². The summed E-state index contributed by atoms with van der Waals surface area (Å²) in [6.07, 6.45) is 5.44. The van der Waals surface area contributed by atoms with E-state index in [9.17, 15) is 4.79 Å². The van der Waals surface area contributed by atoms with E-state index in [-0.39, 0.29) is 5.78 Å². The molecule has 0 saturated carbocycles.